The first-order chi connectivity index (χ1) is 11.7. The molecule has 0 spiro atoms. The molecule has 2 aromatic rings. The normalized spacial score (nSPS) is 18.2. The van der Waals surface area contributed by atoms with Gasteiger partial charge in [0.25, 0.3) is 0 Å². The third-order valence-corrected chi connectivity index (χ3v) is 4.82. The predicted molar refractivity (Wildman–Crippen MR) is 94.6 cm³/mol. The Labute approximate surface area is 142 Å². The molecule has 1 atom stereocenters. The average molecular weight is 322 g/mol. The summed E-state index contributed by atoms with van der Waals surface area (Å²) in [4.78, 5) is 17.7. The van der Waals surface area contributed by atoms with Crippen molar-refractivity contribution in [3.8, 4) is 0 Å². The lowest BCUT2D eigenvalue weighted by atomic mass is 9.74. The van der Waals surface area contributed by atoms with Crippen LogP contribution in [0, 0.1) is 5.41 Å². The number of hydrogen-bond acceptors (Lipinski definition) is 3. The van der Waals surface area contributed by atoms with Crippen LogP contribution in [0.1, 0.15) is 37.8 Å². The van der Waals surface area contributed by atoms with Gasteiger partial charge in [0.15, 0.2) is 0 Å². The number of oxime groups is 1. The lowest BCUT2D eigenvalue weighted by Gasteiger charge is -2.45. The molecule has 0 aliphatic carbocycles. The highest BCUT2D eigenvalue weighted by molar-refractivity contribution is 6.12. The molecule has 1 fully saturated rings. The van der Waals surface area contributed by atoms with Crippen molar-refractivity contribution < 1.29 is 9.63 Å². The number of hydrogen-bond donors (Lipinski definition) is 1. The zero-order valence-corrected chi connectivity index (χ0v) is 14.0. The molecule has 24 heavy (non-hydrogen) atoms. The number of β-lactam (4-membered cyclic amide) rings is 1. The third kappa shape index (κ3) is 2.80. The minimum absolute atomic E-state index is 0.0497. The topological polar surface area (TPSA) is 50.7 Å². The number of amides is 1. The van der Waals surface area contributed by atoms with Gasteiger partial charge in [-0.2, -0.15) is 0 Å². The van der Waals surface area contributed by atoms with E-state index in [0.717, 1.165) is 29.7 Å². The van der Waals surface area contributed by atoms with Crippen molar-refractivity contribution in [2.24, 2.45) is 10.6 Å². The number of benzene rings is 2. The first kappa shape index (κ1) is 16.2. The highest BCUT2D eigenvalue weighted by Crippen LogP contribution is 2.38. The zero-order valence-electron chi connectivity index (χ0n) is 14.0. The molecule has 4 heteroatoms. The predicted octanol–water partition coefficient (Wildman–Crippen LogP) is 3.72. The van der Waals surface area contributed by atoms with Gasteiger partial charge in [0, 0.05) is 11.1 Å². The van der Waals surface area contributed by atoms with Crippen LogP contribution in [0.3, 0.4) is 0 Å². The van der Waals surface area contributed by atoms with Gasteiger partial charge >= 0.3 is 0 Å². The second-order valence-corrected chi connectivity index (χ2v) is 5.99. The molecule has 4 nitrogen and oxygen atoms in total. The van der Waals surface area contributed by atoms with Gasteiger partial charge in [0.2, 0.25) is 12.1 Å². The first-order valence-electron chi connectivity index (χ1n) is 8.37. The van der Waals surface area contributed by atoms with E-state index in [2.05, 4.69) is 10.5 Å². The van der Waals surface area contributed by atoms with Gasteiger partial charge < -0.3 is 10.2 Å². The lowest BCUT2D eigenvalue weighted by molar-refractivity contribution is -0.175. The smallest absolute Gasteiger partial charge is 0.234 e. The summed E-state index contributed by atoms with van der Waals surface area (Å²) in [6.07, 6.45) is 1.10. The molecule has 124 valence electrons. The Morgan fingerprint density at radius 2 is 1.50 bits per heavy atom. The molecule has 1 N–H and O–H groups in total. The van der Waals surface area contributed by atoms with Crippen molar-refractivity contribution >= 4 is 11.6 Å². The number of nitrogens with one attached hydrogen (secondary N) is 1. The van der Waals surface area contributed by atoms with Crippen LogP contribution < -0.4 is 5.32 Å². The number of carbonyl (C=O) groups excluding carboxylic acids is 1. The second-order valence-electron chi connectivity index (χ2n) is 5.99. The van der Waals surface area contributed by atoms with Crippen molar-refractivity contribution in [3.05, 3.63) is 71.8 Å². The van der Waals surface area contributed by atoms with Gasteiger partial charge in [-0.3, -0.25) is 4.79 Å². The molecule has 1 aliphatic rings. The molecule has 1 unspecified atom stereocenters. The standard InChI is InChI=1S/C20H22N2O2/c1-3-20(4-2)18(23)21-19(20)24-22-17(15-11-7-5-8-12-15)16-13-9-6-10-14-16/h5-14,19H,3-4H2,1-2H3,(H,21,23). The summed E-state index contributed by atoms with van der Waals surface area (Å²) in [7, 11) is 0. The Morgan fingerprint density at radius 3 is 1.92 bits per heavy atom. The molecule has 2 aromatic carbocycles. The van der Waals surface area contributed by atoms with E-state index >= 15 is 0 Å². The molecule has 0 aromatic heterocycles. The maximum atomic E-state index is 12.0. The molecule has 3 rings (SSSR count). The van der Waals surface area contributed by atoms with Crippen molar-refractivity contribution in [1.29, 1.82) is 0 Å². The Hall–Kier alpha value is -2.62. The minimum Gasteiger partial charge on any atom is -0.369 e. The summed E-state index contributed by atoms with van der Waals surface area (Å²) >= 11 is 0. The summed E-state index contributed by atoms with van der Waals surface area (Å²) in [6.45, 7) is 4.02. The lowest BCUT2D eigenvalue weighted by Crippen LogP contribution is -2.67. The molecular weight excluding hydrogens is 300 g/mol. The summed E-state index contributed by atoms with van der Waals surface area (Å²) in [6, 6.07) is 19.8. The monoisotopic (exact) mass is 322 g/mol. The van der Waals surface area contributed by atoms with Gasteiger partial charge in [0.05, 0.1) is 0 Å². The zero-order chi connectivity index (χ0) is 17.0. The van der Waals surface area contributed by atoms with E-state index in [-0.39, 0.29) is 12.1 Å². The van der Waals surface area contributed by atoms with Crippen LogP contribution in [0.5, 0.6) is 0 Å². The Kier molecular flexibility index (Phi) is 4.65. The van der Waals surface area contributed by atoms with Crippen molar-refractivity contribution in [2.45, 2.75) is 32.9 Å². The van der Waals surface area contributed by atoms with Gasteiger partial charge in [-0.05, 0) is 12.8 Å². The summed E-state index contributed by atoms with van der Waals surface area (Å²) in [5, 5.41) is 7.24. The largest absolute Gasteiger partial charge is 0.369 e. The summed E-state index contributed by atoms with van der Waals surface area (Å²) in [5.41, 5.74) is 2.25. The Balaban J connectivity index is 1.90. The van der Waals surface area contributed by atoms with Gasteiger partial charge in [-0.15, -0.1) is 0 Å². The highest BCUT2D eigenvalue weighted by Gasteiger charge is 2.54. The summed E-state index contributed by atoms with van der Waals surface area (Å²) < 4.78 is 0. The van der Waals surface area contributed by atoms with Crippen molar-refractivity contribution in [2.75, 3.05) is 0 Å². The van der Waals surface area contributed by atoms with Crippen LogP contribution in [-0.4, -0.2) is 17.8 Å². The van der Waals surface area contributed by atoms with Crippen LogP contribution in [0.15, 0.2) is 65.8 Å². The van der Waals surface area contributed by atoms with E-state index in [1.165, 1.54) is 0 Å². The van der Waals surface area contributed by atoms with Crippen LogP contribution in [-0.2, 0) is 9.63 Å². The van der Waals surface area contributed by atoms with E-state index in [1.807, 2.05) is 74.5 Å². The highest BCUT2D eigenvalue weighted by atomic mass is 16.7. The van der Waals surface area contributed by atoms with E-state index in [4.69, 9.17) is 4.84 Å². The maximum absolute atomic E-state index is 12.0. The third-order valence-electron chi connectivity index (χ3n) is 4.82. The van der Waals surface area contributed by atoms with Crippen molar-refractivity contribution in [1.82, 2.24) is 5.32 Å². The molecule has 1 aliphatic heterocycles. The second kappa shape index (κ2) is 6.87. The Morgan fingerprint density at radius 1 is 1.00 bits per heavy atom. The fourth-order valence-electron chi connectivity index (χ4n) is 3.08. The molecule has 0 bridgehead atoms. The van der Waals surface area contributed by atoms with Crippen LogP contribution >= 0.6 is 0 Å². The van der Waals surface area contributed by atoms with Gasteiger partial charge in [0.1, 0.15) is 11.1 Å². The van der Waals surface area contributed by atoms with Crippen LogP contribution in [0.4, 0.5) is 0 Å². The van der Waals surface area contributed by atoms with E-state index in [9.17, 15) is 4.79 Å². The minimum atomic E-state index is -0.470. The first-order valence-corrected chi connectivity index (χ1v) is 8.37. The fourth-order valence-corrected chi connectivity index (χ4v) is 3.08. The maximum Gasteiger partial charge on any atom is 0.234 e. The number of carbonyl (C=O) groups is 1. The quantitative estimate of drug-likeness (QED) is 0.501. The number of nitrogens with zero attached hydrogens (tertiary/aromatic N) is 1. The van der Waals surface area contributed by atoms with E-state index in [0.29, 0.717) is 0 Å². The van der Waals surface area contributed by atoms with Gasteiger partial charge in [-0.1, -0.05) is 79.7 Å². The number of rotatable bonds is 6. The Bertz CT molecular complexity index is 680. The molecule has 1 amide bonds. The SMILES string of the molecule is CCC1(CC)C(=O)NC1ON=C(c1ccccc1)c1ccccc1. The van der Waals surface area contributed by atoms with Crippen molar-refractivity contribution in [3.63, 3.8) is 0 Å². The average Bonchev–Trinajstić information content (AvgIpc) is 2.64. The molecule has 0 radical (unpaired) electrons. The molecule has 0 saturated carbocycles. The molecule has 1 heterocycles. The fraction of sp³-hybridized carbons (Fsp3) is 0.300. The van der Waals surface area contributed by atoms with E-state index in [1.54, 1.807) is 0 Å². The van der Waals surface area contributed by atoms with Crippen LogP contribution in [0.2, 0.25) is 0 Å². The van der Waals surface area contributed by atoms with Crippen LogP contribution in [0.25, 0.3) is 0 Å². The molecule has 1 saturated heterocycles. The van der Waals surface area contributed by atoms with Gasteiger partial charge in [-0.25, -0.2) is 0 Å². The molecular formula is C20H22N2O2. The summed E-state index contributed by atoms with van der Waals surface area (Å²) in [5.74, 6) is 0.0497. The van der Waals surface area contributed by atoms with E-state index < -0.39 is 5.41 Å².